The van der Waals surface area contributed by atoms with Crippen LogP contribution in [0.2, 0.25) is 0 Å². The van der Waals surface area contributed by atoms with Crippen LogP contribution in [0.25, 0.3) is 0 Å². The molecule has 2 nitrogen and oxygen atoms in total. The lowest BCUT2D eigenvalue weighted by molar-refractivity contribution is 0.0928. The van der Waals surface area contributed by atoms with Gasteiger partial charge in [-0.3, -0.25) is 4.79 Å². The minimum absolute atomic E-state index is 0.0428. The van der Waals surface area contributed by atoms with Crippen LogP contribution in [-0.2, 0) is 0 Å². The molecule has 0 saturated carbocycles. The van der Waals surface area contributed by atoms with E-state index in [0.29, 0.717) is 17.7 Å². The Bertz CT molecular complexity index is 355. The zero-order valence-corrected chi connectivity index (χ0v) is 9.19. The van der Waals surface area contributed by atoms with Crippen LogP contribution in [0.1, 0.15) is 23.7 Å². The smallest absolute Gasteiger partial charge is 0.169 e. The second kappa shape index (κ2) is 5.35. The number of para-hydroxylation sites is 1. The molecule has 0 aliphatic carbocycles. The van der Waals surface area contributed by atoms with Gasteiger partial charge in [-0.25, -0.2) is 0 Å². The van der Waals surface area contributed by atoms with Gasteiger partial charge in [-0.05, 0) is 18.6 Å². The molecule has 1 atom stereocenters. The summed E-state index contributed by atoms with van der Waals surface area (Å²) in [6.45, 7) is 5.54. The maximum atomic E-state index is 12.0. The van der Waals surface area contributed by atoms with Gasteiger partial charge in [-0.1, -0.05) is 25.1 Å². The molecule has 0 amide bonds. The predicted molar refractivity (Wildman–Crippen MR) is 61.3 cm³/mol. The van der Waals surface area contributed by atoms with Gasteiger partial charge in [-0.15, -0.1) is 6.58 Å². The zero-order chi connectivity index (χ0) is 11.3. The number of rotatable bonds is 5. The number of hydrogen-bond acceptors (Lipinski definition) is 2. The standard InChI is InChI=1S/C13H16O2/c1-4-7-10(2)13(14)11-8-5-6-9-12(11)15-3/h4-6,8-10H,1,7H2,2-3H3/t10-/m0/s1. The highest BCUT2D eigenvalue weighted by molar-refractivity contribution is 6.00. The van der Waals surface area contributed by atoms with Crippen molar-refractivity contribution in [1.82, 2.24) is 0 Å². The van der Waals surface area contributed by atoms with Crippen molar-refractivity contribution < 1.29 is 9.53 Å². The third kappa shape index (κ3) is 2.69. The lowest BCUT2D eigenvalue weighted by atomic mass is 9.96. The number of ether oxygens (including phenoxy) is 1. The molecule has 0 radical (unpaired) electrons. The molecule has 0 aliphatic heterocycles. The van der Waals surface area contributed by atoms with Crippen molar-refractivity contribution >= 4 is 5.78 Å². The van der Waals surface area contributed by atoms with Crippen molar-refractivity contribution in [2.75, 3.05) is 7.11 Å². The largest absolute Gasteiger partial charge is 0.496 e. The van der Waals surface area contributed by atoms with Crippen molar-refractivity contribution in [2.24, 2.45) is 5.92 Å². The molecule has 1 rings (SSSR count). The highest BCUT2D eigenvalue weighted by atomic mass is 16.5. The molecule has 0 unspecified atom stereocenters. The predicted octanol–water partition coefficient (Wildman–Crippen LogP) is 3.09. The van der Waals surface area contributed by atoms with E-state index >= 15 is 0 Å². The molecule has 0 aliphatic rings. The average Bonchev–Trinajstić information content (AvgIpc) is 2.28. The molecule has 15 heavy (non-hydrogen) atoms. The van der Waals surface area contributed by atoms with Crippen LogP contribution in [0.15, 0.2) is 36.9 Å². The quantitative estimate of drug-likeness (QED) is 0.544. The Morgan fingerprint density at radius 2 is 2.20 bits per heavy atom. The van der Waals surface area contributed by atoms with E-state index < -0.39 is 0 Å². The zero-order valence-electron chi connectivity index (χ0n) is 9.19. The summed E-state index contributed by atoms with van der Waals surface area (Å²) in [6, 6.07) is 7.29. The van der Waals surface area contributed by atoms with E-state index in [2.05, 4.69) is 6.58 Å². The van der Waals surface area contributed by atoms with Crippen LogP contribution in [0, 0.1) is 5.92 Å². The van der Waals surface area contributed by atoms with Gasteiger partial charge in [0.2, 0.25) is 0 Å². The summed E-state index contributed by atoms with van der Waals surface area (Å²) in [4.78, 5) is 12.0. The fourth-order valence-electron chi connectivity index (χ4n) is 1.47. The molecular weight excluding hydrogens is 188 g/mol. The van der Waals surface area contributed by atoms with E-state index in [1.807, 2.05) is 19.1 Å². The van der Waals surface area contributed by atoms with Crippen LogP contribution in [0.3, 0.4) is 0 Å². The summed E-state index contributed by atoms with van der Waals surface area (Å²) in [7, 11) is 1.57. The lowest BCUT2D eigenvalue weighted by Gasteiger charge is -2.11. The SMILES string of the molecule is C=CC[C@H](C)C(=O)c1ccccc1OC. The summed E-state index contributed by atoms with van der Waals surface area (Å²) in [6.07, 6.45) is 2.45. The fourth-order valence-corrected chi connectivity index (χ4v) is 1.47. The van der Waals surface area contributed by atoms with Crippen LogP contribution >= 0.6 is 0 Å². The average molecular weight is 204 g/mol. The number of allylic oxidation sites excluding steroid dienone is 1. The Labute approximate surface area is 90.6 Å². The van der Waals surface area contributed by atoms with Gasteiger partial charge in [0.05, 0.1) is 12.7 Å². The fraction of sp³-hybridized carbons (Fsp3) is 0.308. The summed E-state index contributed by atoms with van der Waals surface area (Å²) >= 11 is 0. The number of Topliss-reactive ketones (excluding diaryl/α,β-unsaturated/α-hetero) is 1. The molecular formula is C13H16O2. The van der Waals surface area contributed by atoms with Gasteiger partial charge in [0.25, 0.3) is 0 Å². The number of methoxy groups -OCH3 is 1. The maximum absolute atomic E-state index is 12.0. The first-order valence-corrected chi connectivity index (χ1v) is 4.98. The van der Waals surface area contributed by atoms with Gasteiger partial charge in [0.1, 0.15) is 5.75 Å². The molecule has 0 saturated heterocycles. The molecule has 0 spiro atoms. The van der Waals surface area contributed by atoms with Crippen molar-refractivity contribution in [3.63, 3.8) is 0 Å². The van der Waals surface area contributed by atoms with E-state index in [1.54, 1.807) is 25.3 Å². The van der Waals surface area contributed by atoms with E-state index in [1.165, 1.54) is 0 Å². The molecule has 1 aromatic rings. The van der Waals surface area contributed by atoms with Crippen molar-refractivity contribution in [3.8, 4) is 5.75 Å². The van der Waals surface area contributed by atoms with Crippen molar-refractivity contribution in [3.05, 3.63) is 42.5 Å². The van der Waals surface area contributed by atoms with Crippen LogP contribution in [0.4, 0.5) is 0 Å². The molecule has 0 aromatic heterocycles. The van der Waals surface area contributed by atoms with Crippen LogP contribution < -0.4 is 4.74 Å². The van der Waals surface area contributed by atoms with Crippen LogP contribution in [0.5, 0.6) is 5.75 Å². The Morgan fingerprint density at radius 1 is 1.53 bits per heavy atom. The number of hydrogen-bond donors (Lipinski definition) is 0. The number of carbonyl (C=O) groups excluding carboxylic acids is 1. The van der Waals surface area contributed by atoms with Crippen molar-refractivity contribution in [1.29, 1.82) is 0 Å². The minimum Gasteiger partial charge on any atom is -0.496 e. The summed E-state index contributed by atoms with van der Waals surface area (Å²) in [5.74, 6) is 0.699. The molecule has 0 N–H and O–H groups in total. The first-order chi connectivity index (χ1) is 7.20. The Hall–Kier alpha value is -1.57. The van der Waals surface area contributed by atoms with Gasteiger partial charge >= 0.3 is 0 Å². The van der Waals surface area contributed by atoms with Gasteiger partial charge < -0.3 is 4.74 Å². The Morgan fingerprint density at radius 3 is 2.80 bits per heavy atom. The lowest BCUT2D eigenvalue weighted by Crippen LogP contribution is -2.11. The normalized spacial score (nSPS) is 11.9. The third-order valence-corrected chi connectivity index (χ3v) is 2.34. The minimum atomic E-state index is -0.0428. The van der Waals surface area contributed by atoms with Crippen molar-refractivity contribution in [2.45, 2.75) is 13.3 Å². The van der Waals surface area contributed by atoms with E-state index in [9.17, 15) is 4.79 Å². The number of carbonyl (C=O) groups is 1. The summed E-state index contributed by atoms with van der Waals surface area (Å²) in [5.41, 5.74) is 0.648. The first kappa shape index (κ1) is 11.5. The molecule has 0 bridgehead atoms. The Kier molecular flexibility index (Phi) is 4.10. The van der Waals surface area contributed by atoms with E-state index in [4.69, 9.17) is 4.74 Å². The summed E-state index contributed by atoms with van der Waals surface area (Å²) < 4.78 is 5.15. The second-order valence-electron chi connectivity index (χ2n) is 3.49. The monoisotopic (exact) mass is 204 g/mol. The van der Waals surface area contributed by atoms with Gasteiger partial charge in [0.15, 0.2) is 5.78 Å². The highest BCUT2D eigenvalue weighted by Gasteiger charge is 2.17. The molecule has 2 heteroatoms. The van der Waals surface area contributed by atoms with Gasteiger partial charge in [-0.2, -0.15) is 0 Å². The molecule has 0 heterocycles. The third-order valence-electron chi connectivity index (χ3n) is 2.34. The first-order valence-electron chi connectivity index (χ1n) is 4.98. The Balaban J connectivity index is 2.94. The topological polar surface area (TPSA) is 26.3 Å². The van der Waals surface area contributed by atoms with E-state index in [0.717, 1.165) is 0 Å². The summed E-state index contributed by atoms with van der Waals surface area (Å²) in [5, 5.41) is 0. The van der Waals surface area contributed by atoms with Crippen LogP contribution in [-0.4, -0.2) is 12.9 Å². The maximum Gasteiger partial charge on any atom is 0.169 e. The number of benzene rings is 1. The molecule has 0 fully saturated rings. The second-order valence-corrected chi connectivity index (χ2v) is 3.49. The highest BCUT2D eigenvalue weighted by Crippen LogP contribution is 2.22. The number of ketones is 1. The molecule has 1 aromatic carbocycles. The van der Waals surface area contributed by atoms with E-state index in [-0.39, 0.29) is 11.7 Å². The van der Waals surface area contributed by atoms with Gasteiger partial charge in [0, 0.05) is 5.92 Å². The molecule has 80 valence electrons.